The van der Waals surface area contributed by atoms with Crippen LogP contribution in [0.25, 0.3) is 0 Å². The van der Waals surface area contributed by atoms with Crippen LogP contribution in [0.3, 0.4) is 0 Å². The highest BCUT2D eigenvalue weighted by atomic mass is 19.4. The minimum absolute atomic E-state index is 0.0270. The third kappa shape index (κ3) is 5.79. The van der Waals surface area contributed by atoms with E-state index >= 15 is 0 Å². The summed E-state index contributed by atoms with van der Waals surface area (Å²) in [6.45, 7) is -1.41. The molecule has 1 saturated carbocycles. The number of hydrogen-bond donors (Lipinski definition) is 2. The number of carbonyl (C=O) groups excluding carboxylic acids is 1. The van der Waals surface area contributed by atoms with Crippen LogP contribution in [0.15, 0.2) is 36.5 Å². The van der Waals surface area contributed by atoms with E-state index in [2.05, 4.69) is 10.3 Å². The number of nitrogens with zero attached hydrogens (tertiary/aromatic N) is 1. The molecule has 0 saturated heterocycles. The van der Waals surface area contributed by atoms with E-state index in [1.165, 1.54) is 12.4 Å². The number of carbonyl (C=O) groups is 1. The summed E-state index contributed by atoms with van der Waals surface area (Å²) >= 11 is 0. The Hall–Kier alpha value is -2.90. The maximum absolute atomic E-state index is 12.6. The SMILES string of the molecule is N=Cc1ccc(NC(=O)c2cnc(OCC(F)(F)F)c(C3CCCCC3)c2)cc1. The molecule has 0 unspecified atom stereocenters. The second kappa shape index (κ2) is 9.07. The molecule has 0 radical (unpaired) electrons. The monoisotopic (exact) mass is 405 g/mol. The fourth-order valence-electron chi connectivity index (χ4n) is 3.44. The van der Waals surface area contributed by atoms with Gasteiger partial charge < -0.3 is 15.5 Å². The Morgan fingerprint density at radius 2 is 1.90 bits per heavy atom. The third-order valence-corrected chi connectivity index (χ3v) is 4.89. The first-order valence-electron chi connectivity index (χ1n) is 9.47. The van der Waals surface area contributed by atoms with E-state index in [-0.39, 0.29) is 17.4 Å². The summed E-state index contributed by atoms with van der Waals surface area (Å²) in [6, 6.07) is 8.34. The molecule has 1 heterocycles. The molecule has 1 fully saturated rings. The van der Waals surface area contributed by atoms with Crippen LogP contribution in [0, 0.1) is 5.41 Å². The van der Waals surface area contributed by atoms with Gasteiger partial charge in [0.2, 0.25) is 5.88 Å². The van der Waals surface area contributed by atoms with Crippen LogP contribution in [-0.4, -0.2) is 29.9 Å². The molecule has 29 heavy (non-hydrogen) atoms. The molecule has 0 aliphatic heterocycles. The molecule has 0 bridgehead atoms. The lowest BCUT2D eigenvalue weighted by Crippen LogP contribution is -2.21. The van der Waals surface area contributed by atoms with Crippen molar-refractivity contribution in [1.29, 1.82) is 5.41 Å². The van der Waals surface area contributed by atoms with Gasteiger partial charge in [0.1, 0.15) is 0 Å². The summed E-state index contributed by atoms with van der Waals surface area (Å²) in [7, 11) is 0. The molecule has 5 nitrogen and oxygen atoms in total. The number of hydrogen-bond acceptors (Lipinski definition) is 4. The van der Waals surface area contributed by atoms with Gasteiger partial charge in [-0.25, -0.2) is 4.98 Å². The third-order valence-electron chi connectivity index (χ3n) is 4.89. The summed E-state index contributed by atoms with van der Waals surface area (Å²) in [5, 5.41) is 9.94. The number of anilines is 1. The number of amides is 1. The Morgan fingerprint density at radius 1 is 1.21 bits per heavy atom. The number of nitrogens with one attached hydrogen (secondary N) is 2. The minimum atomic E-state index is -4.45. The highest BCUT2D eigenvalue weighted by Crippen LogP contribution is 2.37. The Balaban J connectivity index is 1.82. The molecule has 1 aromatic carbocycles. The molecule has 154 valence electrons. The van der Waals surface area contributed by atoms with E-state index in [0.717, 1.165) is 32.1 Å². The van der Waals surface area contributed by atoms with Crippen molar-refractivity contribution < 1.29 is 22.7 Å². The van der Waals surface area contributed by atoms with Crippen molar-refractivity contribution in [3.8, 4) is 5.88 Å². The Kier molecular flexibility index (Phi) is 6.51. The highest BCUT2D eigenvalue weighted by Gasteiger charge is 2.30. The lowest BCUT2D eigenvalue weighted by molar-refractivity contribution is -0.154. The fourth-order valence-corrected chi connectivity index (χ4v) is 3.44. The van der Waals surface area contributed by atoms with Crippen molar-refractivity contribution in [3.63, 3.8) is 0 Å². The van der Waals surface area contributed by atoms with Crippen LogP contribution < -0.4 is 10.1 Å². The van der Waals surface area contributed by atoms with Crippen molar-refractivity contribution in [2.24, 2.45) is 0 Å². The standard InChI is InChI=1S/C21H22F3N3O2/c22-21(23,24)13-29-20-18(15-4-2-1-3-5-15)10-16(12-26-20)19(28)27-17-8-6-14(11-25)7-9-17/h6-12,15,25H,1-5,13H2,(H,27,28). The van der Waals surface area contributed by atoms with Crippen molar-refractivity contribution in [2.45, 2.75) is 44.2 Å². The lowest BCUT2D eigenvalue weighted by atomic mass is 9.84. The Bertz CT molecular complexity index is 860. The van der Waals surface area contributed by atoms with Gasteiger partial charge in [0.25, 0.3) is 5.91 Å². The fraction of sp³-hybridized carbons (Fsp3) is 0.381. The number of aromatic nitrogens is 1. The van der Waals surface area contributed by atoms with Crippen molar-refractivity contribution in [3.05, 3.63) is 53.2 Å². The van der Waals surface area contributed by atoms with Crippen molar-refractivity contribution in [1.82, 2.24) is 4.98 Å². The molecule has 1 aliphatic carbocycles. The quantitative estimate of drug-likeness (QED) is 0.639. The van der Waals surface area contributed by atoms with Gasteiger partial charge in [-0.3, -0.25) is 4.79 Å². The van der Waals surface area contributed by atoms with Gasteiger partial charge in [0.05, 0.1) is 5.56 Å². The zero-order valence-electron chi connectivity index (χ0n) is 15.8. The van der Waals surface area contributed by atoms with Gasteiger partial charge in [0.15, 0.2) is 6.61 Å². The molecule has 0 spiro atoms. The van der Waals surface area contributed by atoms with Gasteiger partial charge >= 0.3 is 6.18 Å². The predicted molar refractivity (Wildman–Crippen MR) is 104 cm³/mol. The second-order valence-corrected chi connectivity index (χ2v) is 7.08. The van der Waals surface area contributed by atoms with Gasteiger partial charge in [-0.15, -0.1) is 0 Å². The summed E-state index contributed by atoms with van der Waals surface area (Å²) in [4.78, 5) is 16.6. The Morgan fingerprint density at radius 3 is 2.52 bits per heavy atom. The first-order chi connectivity index (χ1) is 13.9. The minimum Gasteiger partial charge on any atom is -0.468 e. The van der Waals surface area contributed by atoms with Crippen LogP contribution in [-0.2, 0) is 0 Å². The van der Waals surface area contributed by atoms with E-state index in [0.29, 0.717) is 16.8 Å². The summed E-state index contributed by atoms with van der Waals surface area (Å²) < 4.78 is 42.7. The van der Waals surface area contributed by atoms with Crippen LogP contribution in [0.1, 0.15) is 59.5 Å². The van der Waals surface area contributed by atoms with E-state index < -0.39 is 18.7 Å². The summed E-state index contributed by atoms with van der Waals surface area (Å²) in [6.07, 6.45) is 2.71. The zero-order chi connectivity index (χ0) is 20.9. The number of halogens is 3. The number of rotatable bonds is 6. The first kappa shape index (κ1) is 20.8. The van der Waals surface area contributed by atoms with Crippen molar-refractivity contribution in [2.75, 3.05) is 11.9 Å². The van der Waals surface area contributed by atoms with Gasteiger partial charge in [-0.1, -0.05) is 31.4 Å². The van der Waals surface area contributed by atoms with Crippen molar-refractivity contribution >= 4 is 17.8 Å². The summed E-state index contributed by atoms with van der Waals surface area (Å²) in [5.74, 6) is -0.431. The number of ether oxygens (including phenoxy) is 1. The largest absolute Gasteiger partial charge is 0.468 e. The molecule has 2 N–H and O–H groups in total. The molecule has 8 heteroatoms. The maximum Gasteiger partial charge on any atom is 0.422 e. The number of benzene rings is 1. The molecule has 1 aliphatic rings. The average molecular weight is 405 g/mol. The smallest absolute Gasteiger partial charge is 0.422 e. The van der Waals surface area contributed by atoms with Gasteiger partial charge in [-0.05, 0) is 42.5 Å². The van der Waals surface area contributed by atoms with E-state index in [1.807, 2.05) is 0 Å². The Labute approximate surface area is 166 Å². The molecular weight excluding hydrogens is 383 g/mol. The molecule has 3 rings (SSSR count). The second-order valence-electron chi connectivity index (χ2n) is 7.08. The average Bonchev–Trinajstić information content (AvgIpc) is 2.72. The topological polar surface area (TPSA) is 75.1 Å². The lowest BCUT2D eigenvalue weighted by Gasteiger charge is -2.24. The first-order valence-corrected chi connectivity index (χ1v) is 9.47. The molecule has 2 aromatic rings. The van der Waals surface area contributed by atoms with Crippen LogP contribution in [0.4, 0.5) is 18.9 Å². The van der Waals surface area contributed by atoms with Gasteiger partial charge in [-0.2, -0.15) is 13.2 Å². The molecule has 0 atom stereocenters. The molecular formula is C21H22F3N3O2. The maximum atomic E-state index is 12.6. The molecule has 1 amide bonds. The van der Waals surface area contributed by atoms with E-state index in [4.69, 9.17) is 10.1 Å². The summed E-state index contributed by atoms with van der Waals surface area (Å²) in [5.41, 5.74) is 2.08. The predicted octanol–water partition coefficient (Wildman–Crippen LogP) is 5.32. The highest BCUT2D eigenvalue weighted by molar-refractivity contribution is 6.04. The van der Waals surface area contributed by atoms with Crippen LogP contribution in [0.5, 0.6) is 5.88 Å². The van der Waals surface area contributed by atoms with E-state index in [1.54, 1.807) is 30.3 Å². The number of pyridine rings is 1. The van der Waals surface area contributed by atoms with E-state index in [9.17, 15) is 18.0 Å². The van der Waals surface area contributed by atoms with Crippen LogP contribution >= 0.6 is 0 Å². The van der Waals surface area contributed by atoms with Gasteiger partial charge in [0, 0.05) is 23.7 Å². The zero-order valence-corrected chi connectivity index (χ0v) is 15.8. The normalized spacial score (nSPS) is 15.0. The number of alkyl halides is 3. The molecule has 1 aromatic heterocycles. The van der Waals surface area contributed by atoms with Crippen LogP contribution in [0.2, 0.25) is 0 Å².